The zero-order valence-electron chi connectivity index (χ0n) is 18.4. The van der Waals surface area contributed by atoms with Crippen molar-refractivity contribution in [2.45, 2.75) is 51.4 Å². The zero-order chi connectivity index (χ0) is 23.5. The van der Waals surface area contributed by atoms with E-state index >= 15 is 0 Å². The molecule has 1 atom stereocenters. The number of hydrogen-bond donors (Lipinski definition) is 1. The molecule has 4 nitrogen and oxygen atoms in total. The minimum absolute atomic E-state index is 0.151. The van der Waals surface area contributed by atoms with Gasteiger partial charge in [0, 0.05) is 28.9 Å². The fourth-order valence-electron chi connectivity index (χ4n) is 3.18. The van der Waals surface area contributed by atoms with Gasteiger partial charge < -0.3 is 10.2 Å². The molecule has 2 aromatic carbocycles. The largest absolute Gasteiger partial charge is 0.354 e. The van der Waals surface area contributed by atoms with Gasteiger partial charge in [-0.25, -0.2) is 4.39 Å². The van der Waals surface area contributed by atoms with Crippen molar-refractivity contribution < 1.29 is 14.0 Å². The molecule has 0 aliphatic rings. The van der Waals surface area contributed by atoms with Crippen LogP contribution in [0.2, 0.25) is 10.0 Å². The molecule has 0 heterocycles. The molecule has 0 aliphatic heterocycles. The average Bonchev–Trinajstić information content (AvgIpc) is 2.76. The van der Waals surface area contributed by atoms with Gasteiger partial charge in [0.25, 0.3) is 0 Å². The zero-order valence-corrected chi connectivity index (χ0v) is 20.7. The summed E-state index contributed by atoms with van der Waals surface area (Å²) in [6, 6.07) is 10.7. The van der Waals surface area contributed by atoms with E-state index in [1.165, 1.54) is 23.9 Å². The Kier molecular flexibility index (Phi) is 11.4. The Balaban J connectivity index is 2.11. The van der Waals surface area contributed by atoms with Crippen LogP contribution in [0.3, 0.4) is 0 Å². The molecule has 1 N–H and O–H groups in total. The van der Waals surface area contributed by atoms with Crippen LogP contribution in [-0.2, 0) is 21.9 Å². The number of carbonyl (C=O) groups is 2. The molecule has 0 fully saturated rings. The van der Waals surface area contributed by atoms with Crippen molar-refractivity contribution >= 4 is 46.8 Å². The summed E-state index contributed by atoms with van der Waals surface area (Å²) in [6.45, 7) is 4.75. The third kappa shape index (κ3) is 8.30. The first-order chi connectivity index (χ1) is 15.3. The predicted molar refractivity (Wildman–Crippen MR) is 132 cm³/mol. The fourth-order valence-corrected chi connectivity index (χ4v) is 4.65. The van der Waals surface area contributed by atoms with E-state index in [4.69, 9.17) is 23.2 Å². The molecular formula is C24H29Cl2FN2O2S. The molecule has 8 heteroatoms. The van der Waals surface area contributed by atoms with Crippen molar-refractivity contribution in [3.63, 3.8) is 0 Å². The van der Waals surface area contributed by atoms with Gasteiger partial charge in [-0.15, -0.1) is 11.8 Å². The Morgan fingerprint density at radius 2 is 1.84 bits per heavy atom. The second-order valence-corrected chi connectivity index (χ2v) is 9.27. The number of unbranched alkanes of at least 4 members (excludes halogenated alkanes) is 1. The van der Waals surface area contributed by atoms with E-state index in [1.54, 1.807) is 29.2 Å². The van der Waals surface area contributed by atoms with Gasteiger partial charge in [0.05, 0.1) is 5.75 Å². The summed E-state index contributed by atoms with van der Waals surface area (Å²) >= 11 is 13.6. The van der Waals surface area contributed by atoms with Gasteiger partial charge in [-0.05, 0) is 48.2 Å². The maximum Gasteiger partial charge on any atom is 0.242 e. The molecule has 2 aromatic rings. The molecule has 0 spiro atoms. The van der Waals surface area contributed by atoms with Crippen molar-refractivity contribution in [3.8, 4) is 0 Å². The predicted octanol–water partition coefficient (Wildman–Crippen LogP) is 6.09. The van der Waals surface area contributed by atoms with Gasteiger partial charge in [-0.2, -0.15) is 0 Å². The SMILES string of the molecule is CCCCNC(=O)C(CC)N(Cc1ccc(F)cc1)C(=O)CSCc1ccc(Cl)cc1Cl. The lowest BCUT2D eigenvalue weighted by molar-refractivity contribution is -0.139. The molecule has 2 amide bonds. The third-order valence-electron chi connectivity index (χ3n) is 4.98. The Morgan fingerprint density at radius 3 is 2.47 bits per heavy atom. The maximum absolute atomic E-state index is 13.3. The number of nitrogens with one attached hydrogen (secondary N) is 1. The highest BCUT2D eigenvalue weighted by atomic mass is 35.5. The highest BCUT2D eigenvalue weighted by molar-refractivity contribution is 7.99. The molecular weight excluding hydrogens is 470 g/mol. The quantitative estimate of drug-likeness (QED) is 0.360. The Morgan fingerprint density at radius 1 is 1.12 bits per heavy atom. The monoisotopic (exact) mass is 498 g/mol. The number of halogens is 3. The molecule has 32 heavy (non-hydrogen) atoms. The van der Waals surface area contributed by atoms with Crippen LogP contribution >= 0.6 is 35.0 Å². The average molecular weight is 499 g/mol. The lowest BCUT2D eigenvalue weighted by atomic mass is 10.1. The topological polar surface area (TPSA) is 49.4 Å². The molecule has 174 valence electrons. The highest BCUT2D eigenvalue weighted by Crippen LogP contribution is 2.25. The van der Waals surface area contributed by atoms with Crippen molar-refractivity contribution in [2.75, 3.05) is 12.3 Å². The maximum atomic E-state index is 13.3. The summed E-state index contributed by atoms with van der Waals surface area (Å²) in [7, 11) is 0. The molecule has 0 aliphatic carbocycles. The van der Waals surface area contributed by atoms with E-state index in [1.807, 2.05) is 13.0 Å². The minimum Gasteiger partial charge on any atom is -0.354 e. The number of amides is 2. The number of benzene rings is 2. The summed E-state index contributed by atoms with van der Waals surface area (Å²) in [5.41, 5.74) is 1.66. The van der Waals surface area contributed by atoms with Crippen LogP contribution in [0.25, 0.3) is 0 Å². The third-order valence-corrected chi connectivity index (χ3v) is 6.53. The summed E-state index contributed by atoms with van der Waals surface area (Å²) in [6.07, 6.45) is 2.34. The summed E-state index contributed by atoms with van der Waals surface area (Å²) in [4.78, 5) is 27.6. The number of rotatable bonds is 12. The first-order valence-corrected chi connectivity index (χ1v) is 12.6. The first kappa shape index (κ1) is 26.5. The lowest BCUT2D eigenvalue weighted by Crippen LogP contribution is -2.49. The van der Waals surface area contributed by atoms with Crippen molar-refractivity contribution in [1.29, 1.82) is 0 Å². The number of thioether (sulfide) groups is 1. The first-order valence-electron chi connectivity index (χ1n) is 10.7. The number of hydrogen-bond acceptors (Lipinski definition) is 3. The Bertz CT molecular complexity index is 896. The van der Waals surface area contributed by atoms with Crippen LogP contribution < -0.4 is 5.32 Å². The van der Waals surface area contributed by atoms with Crippen molar-refractivity contribution in [2.24, 2.45) is 0 Å². The lowest BCUT2D eigenvalue weighted by Gasteiger charge is -2.30. The summed E-state index contributed by atoms with van der Waals surface area (Å²) in [5.74, 6) is 0.0836. The van der Waals surface area contributed by atoms with Crippen molar-refractivity contribution in [3.05, 3.63) is 69.5 Å². The highest BCUT2D eigenvalue weighted by Gasteiger charge is 2.28. The van der Waals surface area contributed by atoms with E-state index in [0.717, 1.165) is 24.0 Å². The van der Waals surface area contributed by atoms with Crippen LogP contribution in [0.1, 0.15) is 44.2 Å². The van der Waals surface area contributed by atoms with Crippen LogP contribution in [0.5, 0.6) is 0 Å². The van der Waals surface area contributed by atoms with Gasteiger partial charge in [0.15, 0.2) is 0 Å². The van der Waals surface area contributed by atoms with E-state index in [0.29, 0.717) is 28.8 Å². The van der Waals surface area contributed by atoms with Gasteiger partial charge in [-0.1, -0.05) is 61.7 Å². The van der Waals surface area contributed by atoms with Crippen LogP contribution in [-0.4, -0.2) is 35.1 Å². The molecule has 0 aromatic heterocycles. The second kappa shape index (κ2) is 13.7. The summed E-state index contributed by atoms with van der Waals surface area (Å²) in [5, 5.41) is 4.05. The van der Waals surface area contributed by atoms with Crippen molar-refractivity contribution in [1.82, 2.24) is 10.2 Å². The van der Waals surface area contributed by atoms with Gasteiger partial charge in [0.1, 0.15) is 11.9 Å². The summed E-state index contributed by atoms with van der Waals surface area (Å²) < 4.78 is 13.3. The van der Waals surface area contributed by atoms with E-state index in [9.17, 15) is 14.0 Å². The Labute approximate surface area is 203 Å². The van der Waals surface area contributed by atoms with E-state index in [-0.39, 0.29) is 29.9 Å². The van der Waals surface area contributed by atoms with Gasteiger partial charge >= 0.3 is 0 Å². The van der Waals surface area contributed by atoms with E-state index < -0.39 is 6.04 Å². The minimum atomic E-state index is -0.593. The second-order valence-electron chi connectivity index (χ2n) is 7.45. The molecule has 0 radical (unpaired) electrons. The standard InChI is InChI=1S/C24H29Cl2FN2O2S/c1-3-5-12-28-24(31)22(4-2)29(14-17-6-10-20(27)11-7-17)23(30)16-32-15-18-8-9-19(25)13-21(18)26/h6-11,13,22H,3-5,12,14-16H2,1-2H3,(H,28,31). The Hall–Kier alpha value is -1.76. The number of carbonyl (C=O) groups excluding carboxylic acids is 2. The van der Waals surface area contributed by atoms with Crippen LogP contribution in [0.4, 0.5) is 4.39 Å². The molecule has 2 rings (SSSR count). The van der Waals surface area contributed by atoms with Gasteiger partial charge in [-0.3, -0.25) is 9.59 Å². The molecule has 1 unspecified atom stereocenters. The fraction of sp³-hybridized carbons (Fsp3) is 0.417. The molecule has 0 saturated carbocycles. The normalized spacial score (nSPS) is 11.8. The van der Waals surface area contributed by atoms with Gasteiger partial charge in [0.2, 0.25) is 11.8 Å². The number of nitrogens with zero attached hydrogens (tertiary/aromatic N) is 1. The molecule has 0 bridgehead atoms. The van der Waals surface area contributed by atoms with Crippen LogP contribution in [0.15, 0.2) is 42.5 Å². The molecule has 0 saturated heterocycles. The van der Waals surface area contributed by atoms with E-state index in [2.05, 4.69) is 12.2 Å². The van der Waals surface area contributed by atoms with Crippen LogP contribution in [0, 0.1) is 5.82 Å². The smallest absolute Gasteiger partial charge is 0.242 e.